The molecule has 0 bridgehead atoms. The van der Waals surface area contributed by atoms with Crippen LogP contribution in [0.2, 0.25) is 0 Å². The summed E-state index contributed by atoms with van der Waals surface area (Å²) in [7, 11) is 0. The largest absolute Gasteiger partial charge is 0.394 e. The average Bonchev–Trinajstić information content (AvgIpc) is 2.22. The van der Waals surface area contributed by atoms with Crippen molar-refractivity contribution in [1.82, 2.24) is 5.32 Å². The second-order valence-corrected chi connectivity index (χ2v) is 4.39. The van der Waals surface area contributed by atoms with Crippen LogP contribution in [0.15, 0.2) is 0 Å². The summed E-state index contributed by atoms with van der Waals surface area (Å²) in [6, 6.07) is 0.407. The van der Waals surface area contributed by atoms with Crippen LogP contribution >= 0.6 is 0 Å². The van der Waals surface area contributed by atoms with E-state index in [2.05, 4.69) is 26.1 Å². The van der Waals surface area contributed by atoms with Crippen LogP contribution in [-0.4, -0.2) is 36.5 Å². The van der Waals surface area contributed by atoms with Crippen LogP contribution in [0.4, 0.5) is 0 Å². The topological polar surface area (TPSA) is 41.5 Å². The van der Waals surface area contributed by atoms with Gasteiger partial charge in [-0.05, 0) is 26.2 Å². The monoisotopic (exact) mass is 217 g/mol. The van der Waals surface area contributed by atoms with Gasteiger partial charge >= 0.3 is 0 Å². The van der Waals surface area contributed by atoms with Gasteiger partial charge in [0.05, 0.1) is 6.61 Å². The Kier molecular flexibility index (Phi) is 8.02. The minimum atomic E-state index is -0.120. The maximum Gasteiger partial charge on any atom is 0.0613 e. The van der Waals surface area contributed by atoms with Gasteiger partial charge < -0.3 is 15.2 Å². The predicted molar refractivity (Wildman–Crippen MR) is 64.1 cm³/mol. The van der Waals surface area contributed by atoms with E-state index in [-0.39, 0.29) is 12.1 Å². The first kappa shape index (κ1) is 14.9. The van der Waals surface area contributed by atoms with Crippen LogP contribution in [0.25, 0.3) is 0 Å². The average molecular weight is 217 g/mol. The van der Waals surface area contributed by atoms with Gasteiger partial charge in [-0.15, -0.1) is 0 Å². The predicted octanol–water partition coefficient (Wildman–Crippen LogP) is 1.94. The molecule has 3 heteroatoms. The van der Waals surface area contributed by atoms with E-state index in [0.29, 0.717) is 6.04 Å². The van der Waals surface area contributed by atoms with E-state index in [1.165, 1.54) is 0 Å². The molecular formula is C12H27NO2. The first-order valence-electron chi connectivity index (χ1n) is 6.06. The highest BCUT2D eigenvalue weighted by atomic mass is 16.5. The maximum atomic E-state index is 9.48. The van der Waals surface area contributed by atoms with Crippen LogP contribution < -0.4 is 5.32 Å². The first-order valence-corrected chi connectivity index (χ1v) is 6.06. The SMILES string of the molecule is CCOCCCC(CC)(CO)NC(C)C. The van der Waals surface area contributed by atoms with Gasteiger partial charge in [0.1, 0.15) is 0 Å². The normalized spacial score (nSPS) is 15.6. The molecule has 0 radical (unpaired) electrons. The molecule has 0 amide bonds. The lowest BCUT2D eigenvalue weighted by Gasteiger charge is -2.34. The fraction of sp³-hybridized carbons (Fsp3) is 1.00. The third kappa shape index (κ3) is 6.13. The zero-order valence-corrected chi connectivity index (χ0v) is 10.7. The molecule has 0 saturated heterocycles. The van der Waals surface area contributed by atoms with Crippen molar-refractivity contribution in [1.29, 1.82) is 0 Å². The number of aliphatic hydroxyl groups is 1. The highest BCUT2D eigenvalue weighted by molar-refractivity contribution is 4.87. The molecular weight excluding hydrogens is 190 g/mol. The lowest BCUT2D eigenvalue weighted by Crippen LogP contribution is -2.51. The molecule has 92 valence electrons. The van der Waals surface area contributed by atoms with Gasteiger partial charge in [0.15, 0.2) is 0 Å². The summed E-state index contributed by atoms with van der Waals surface area (Å²) in [5.41, 5.74) is -0.120. The fourth-order valence-electron chi connectivity index (χ4n) is 1.86. The lowest BCUT2D eigenvalue weighted by atomic mass is 9.90. The molecule has 0 aromatic carbocycles. The molecule has 0 aliphatic carbocycles. The first-order chi connectivity index (χ1) is 7.10. The lowest BCUT2D eigenvalue weighted by molar-refractivity contribution is 0.105. The van der Waals surface area contributed by atoms with Crippen LogP contribution in [0.3, 0.4) is 0 Å². The molecule has 0 aromatic heterocycles. The Labute approximate surface area is 94.2 Å². The molecule has 0 aliphatic rings. The van der Waals surface area contributed by atoms with E-state index >= 15 is 0 Å². The quantitative estimate of drug-likeness (QED) is 0.580. The number of nitrogens with one attached hydrogen (secondary N) is 1. The van der Waals surface area contributed by atoms with Gasteiger partial charge in [-0.2, -0.15) is 0 Å². The second kappa shape index (κ2) is 8.08. The Balaban J connectivity index is 4.00. The van der Waals surface area contributed by atoms with Crippen LogP contribution in [-0.2, 0) is 4.74 Å². The van der Waals surface area contributed by atoms with Crippen LogP contribution in [0.1, 0.15) is 47.0 Å². The van der Waals surface area contributed by atoms with Crippen LogP contribution in [0, 0.1) is 0 Å². The molecule has 0 heterocycles. The number of rotatable bonds is 9. The molecule has 1 unspecified atom stereocenters. The Morgan fingerprint density at radius 1 is 1.33 bits per heavy atom. The minimum absolute atomic E-state index is 0.120. The van der Waals surface area contributed by atoms with E-state index in [1.54, 1.807) is 0 Å². The van der Waals surface area contributed by atoms with Crippen molar-refractivity contribution >= 4 is 0 Å². The Morgan fingerprint density at radius 3 is 2.40 bits per heavy atom. The number of ether oxygens (including phenoxy) is 1. The Bertz CT molecular complexity index is 145. The van der Waals surface area contributed by atoms with Gasteiger partial charge in [-0.1, -0.05) is 20.8 Å². The molecule has 15 heavy (non-hydrogen) atoms. The summed E-state index contributed by atoms with van der Waals surface area (Å²) in [4.78, 5) is 0. The van der Waals surface area contributed by atoms with E-state index < -0.39 is 0 Å². The molecule has 0 rings (SSSR count). The summed E-state index contributed by atoms with van der Waals surface area (Å²) < 4.78 is 5.31. The highest BCUT2D eigenvalue weighted by Gasteiger charge is 2.26. The second-order valence-electron chi connectivity index (χ2n) is 4.39. The number of aliphatic hydroxyl groups excluding tert-OH is 1. The van der Waals surface area contributed by atoms with Gasteiger partial charge in [-0.3, -0.25) is 0 Å². The maximum absolute atomic E-state index is 9.48. The van der Waals surface area contributed by atoms with Gasteiger partial charge in [0.2, 0.25) is 0 Å². The summed E-state index contributed by atoms with van der Waals surface area (Å²) in [6.45, 7) is 10.1. The molecule has 3 nitrogen and oxygen atoms in total. The molecule has 0 saturated carbocycles. The van der Waals surface area contributed by atoms with Crippen molar-refractivity contribution < 1.29 is 9.84 Å². The highest BCUT2D eigenvalue weighted by Crippen LogP contribution is 2.17. The summed E-state index contributed by atoms with van der Waals surface area (Å²) in [5, 5.41) is 12.9. The summed E-state index contributed by atoms with van der Waals surface area (Å²) in [6.07, 6.45) is 2.92. The molecule has 2 N–H and O–H groups in total. The third-order valence-electron chi connectivity index (χ3n) is 2.72. The van der Waals surface area contributed by atoms with Crippen molar-refractivity contribution in [2.75, 3.05) is 19.8 Å². The number of hydrogen-bond acceptors (Lipinski definition) is 3. The molecule has 0 spiro atoms. The van der Waals surface area contributed by atoms with Gasteiger partial charge in [-0.25, -0.2) is 0 Å². The third-order valence-corrected chi connectivity index (χ3v) is 2.72. The zero-order chi connectivity index (χ0) is 11.7. The van der Waals surface area contributed by atoms with Gasteiger partial charge in [0.25, 0.3) is 0 Å². The Hall–Kier alpha value is -0.120. The smallest absolute Gasteiger partial charge is 0.0613 e. The standard InChI is InChI=1S/C12H27NO2/c1-5-12(10-14,13-11(3)4)8-7-9-15-6-2/h11,13-14H,5-10H2,1-4H3. The van der Waals surface area contributed by atoms with Crippen molar-refractivity contribution in [3.63, 3.8) is 0 Å². The fourth-order valence-corrected chi connectivity index (χ4v) is 1.86. The van der Waals surface area contributed by atoms with E-state index in [4.69, 9.17) is 4.74 Å². The molecule has 0 aromatic rings. The van der Waals surface area contributed by atoms with E-state index in [9.17, 15) is 5.11 Å². The van der Waals surface area contributed by atoms with Crippen molar-refractivity contribution in [3.8, 4) is 0 Å². The molecule has 0 fully saturated rings. The van der Waals surface area contributed by atoms with Crippen LogP contribution in [0.5, 0.6) is 0 Å². The van der Waals surface area contributed by atoms with Crippen molar-refractivity contribution in [2.45, 2.75) is 58.5 Å². The molecule has 0 aliphatic heterocycles. The van der Waals surface area contributed by atoms with Crippen molar-refractivity contribution in [2.24, 2.45) is 0 Å². The minimum Gasteiger partial charge on any atom is -0.394 e. The Morgan fingerprint density at radius 2 is 2.00 bits per heavy atom. The zero-order valence-electron chi connectivity index (χ0n) is 10.7. The molecule has 1 atom stereocenters. The van der Waals surface area contributed by atoms with E-state index in [0.717, 1.165) is 32.5 Å². The van der Waals surface area contributed by atoms with Crippen molar-refractivity contribution in [3.05, 3.63) is 0 Å². The summed E-state index contributed by atoms with van der Waals surface area (Å²) >= 11 is 0. The number of hydrogen-bond donors (Lipinski definition) is 2. The van der Waals surface area contributed by atoms with E-state index in [1.807, 2.05) is 6.92 Å². The summed E-state index contributed by atoms with van der Waals surface area (Å²) in [5.74, 6) is 0. The van der Waals surface area contributed by atoms with Gasteiger partial charge in [0, 0.05) is 24.8 Å².